The zero-order chi connectivity index (χ0) is 18.2. The van der Waals surface area contributed by atoms with Crippen LogP contribution >= 0.6 is 0 Å². The maximum atomic E-state index is 12.1. The quantitative estimate of drug-likeness (QED) is 0.766. The molecular formula is C19H24N2O4. The van der Waals surface area contributed by atoms with Gasteiger partial charge in [-0.3, -0.25) is 4.79 Å². The van der Waals surface area contributed by atoms with Gasteiger partial charge in [-0.1, -0.05) is 0 Å². The van der Waals surface area contributed by atoms with E-state index in [9.17, 15) is 4.79 Å². The minimum atomic E-state index is -0.157. The maximum Gasteiger partial charge on any atom is 0.243 e. The molecule has 0 unspecified atom stereocenters. The summed E-state index contributed by atoms with van der Waals surface area (Å²) in [5.41, 5.74) is 1.43. The fourth-order valence-corrected chi connectivity index (χ4v) is 2.21. The molecule has 0 spiro atoms. The smallest absolute Gasteiger partial charge is 0.243 e. The average molecular weight is 344 g/mol. The Morgan fingerprint density at radius 2 is 1.68 bits per heavy atom. The zero-order valence-electron chi connectivity index (χ0n) is 15.0. The number of rotatable bonds is 8. The van der Waals surface area contributed by atoms with Crippen molar-refractivity contribution in [1.29, 1.82) is 0 Å². The topological polar surface area (TPSA) is 68.8 Å². The molecule has 0 aliphatic carbocycles. The van der Waals surface area contributed by atoms with Crippen molar-refractivity contribution in [3.05, 3.63) is 42.5 Å². The molecule has 0 saturated carbocycles. The molecule has 2 aromatic rings. The number of methoxy groups -OCH3 is 2. The van der Waals surface area contributed by atoms with Gasteiger partial charge in [0.1, 0.15) is 17.2 Å². The molecule has 6 nitrogen and oxygen atoms in total. The van der Waals surface area contributed by atoms with Gasteiger partial charge in [0.2, 0.25) is 5.91 Å². The summed E-state index contributed by atoms with van der Waals surface area (Å²) >= 11 is 0. The van der Waals surface area contributed by atoms with Gasteiger partial charge in [0, 0.05) is 11.8 Å². The van der Waals surface area contributed by atoms with Crippen molar-refractivity contribution in [2.45, 2.75) is 20.0 Å². The minimum absolute atomic E-state index is 0.115. The van der Waals surface area contributed by atoms with E-state index in [-0.39, 0.29) is 18.6 Å². The molecule has 1 amide bonds. The van der Waals surface area contributed by atoms with Gasteiger partial charge in [-0.05, 0) is 50.2 Å². The Labute approximate surface area is 148 Å². The van der Waals surface area contributed by atoms with Gasteiger partial charge in [-0.15, -0.1) is 0 Å². The van der Waals surface area contributed by atoms with Crippen molar-refractivity contribution in [2.24, 2.45) is 0 Å². The van der Waals surface area contributed by atoms with E-state index in [0.29, 0.717) is 17.2 Å². The van der Waals surface area contributed by atoms with Crippen LogP contribution in [0.3, 0.4) is 0 Å². The van der Waals surface area contributed by atoms with Crippen molar-refractivity contribution < 1.29 is 19.0 Å². The van der Waals surface area contributed by atoms with Crippen molar-refractivity contribution in [3.8, 4) is 17.2 Å². The van der Waals surface area contributed by atoms with E-state index in [2.05, 4.69) is 10.6 Å². The number of benzene rings is 2. The van der Waals surface area contributed by atoms with Crippen LogP contribution in [0.2, 0.25) is 0 Å². The summed E-state index contributed by atoms with van der Waals surface area (Å²) in [7, 11) is 3.16. The Hall–Kier alpha value is -2.89. The molecule has 0 atom stereocenters. The lowest BCUT2D eigenvalue weighted by Gasteiger charge is -2.13. The molecule has 25 heavy (non-hydrogen) atoms. The van der Waals surface area contributed by atoms with Crippen LogP contribution < -0.4 is 24.8 Å². The van der Waals surface area contributed by atoms with Gasteiger partial charge in [0.25, 0.3) is 0 Å². The third-order valence-electron chi connectivity index (χ3n) is 3.36. The van der Waals surface area contributed by atoms with Crippen LogP contribution in [-0.2, 0) is 4.79 Å². The van der Waals surface area contributed by atoms with E-state index >= 15 is 0 Å². The van der Waals surface area contributed by atoms with Crippen molar-refractivity contribution >= 4 is 17.3 Å². The number of carbonyl (C=O) groups excluding carboxylic acids is 1. The summed E-state index contributed by atoms with van der Waals surface area (Å²) in [5.74, 6) is 1.92. The molecule has 2 rings (SSSR count). The molecule has 2 N–H and O–H groups in total. The molecule has 6 heteroatoms. The first kappa shape index (κ1) is 18.4. The second-order valence-corrected chi connectivity index (χ2v) is 5.66. The molecule has 0 aliphatic heterocycles. The van der Waals surface area contributed by atoms with Crippen LogP contribution in [0.5, 0.6) is 17.2 Å². The number of amides is 1. The van der Waals surface area contributed by atoms with Gasteiger partial charge in [-0.25, -0.2) is 0 Å². The summed E-state index contributed by atoms with van der Waals surface area (Å²) in [6.07, 6.45) is 0.115. The molecule has 0 radical (unpaired) electrons. The average Bonchev–Trinajstić information content (AvgIpc) is 2.61. The Morgan fingerprint density at radius 3 is 2.28 bits per heavy atom. The number of nitrogens with one attached hydrogen (secondary N) is 2. The predicted molar refractivity (Wildman–Crippen MR) is 98.9 cm³/mol. The first-order valence-corrected chi connectivity index (χ1v) is 8.04. The molecule has 0 fully saturated rings. The van der Waals surface area contributed by atoms with E-state index in [1.807, 2.05) is 44.2 Å². The molecule has 0 aromatic heterocycles. The Morgan fingerprint density at radius 1 is 1.00 bits per heavy atom. The van der Waals surface area contributed by atoms with E-state index in [0.717, 1.165) is 11.4 Å². The normalized spacial score (nSPS) is 10.3. The van der Waals surface area contributed by atoms with E-state index in [1.54, 1.807) is 26.4 Å². The lowest BCUT2D eigenvalue weighted by Crippen LogP contribution is -2.21. The summed E-state index contributed by atoms with van der Waals surface area (Å²) in [6, 6.07) is 12.6. The highest BCUT2D eigenvalue weighted by molar-refractivity contribution is 5.94. The maximum absolute atomic E-state index is 12.1. The monoisotopic (exact) mass is 344 g/mol. The Balaban J connectivity index is 1.90. The fourth-order valence-electron chi connectivity index (χ4n) is 2.21. The van der Waals surface area contributed by atoms with Crippen LogP contribution in [0.15, 0.2) is 42.5 Å². The Kier molecular flexibility index (Phi) is 6.51. The molecule has 134 valence electrons. The standard InChI is InChI=1S/C19H24N2O4/c1-13(2)25-15-7-5-14(6-8-15)21-19(22)12-20-17-10-9-16(23-3)11-18(17)24-4/h5-11,13,20H,12H2,1-4H3,(H,21,22). The largest absolute Gasteiger partial charge is 0.497 e. The Bertz CT molecular complexity index is 699. The summed E-state index contributed by atoms with van der Waals surface area (Å²) in [4.78, 5) is 12.1. The molecule has 2 aromatic carbocycles. The lowest BCUT2D eigenvalue weighted by molar-refractivity contribution is -0.114. The number of anilines is 2. The van der Waals surface area contributed by atoms with Crippen LogP contribution in [0, 0.1) is 0 Å². The van der Waals surface area contributed by atoms with Crippen LogP contribution in [0.4, 0.5) is 11.4 Å². The third kappa shape index (κ3) is 5.60. The van der Waals surface area contributed by atoms with Gasteiger partial charge >= 0.3 is 0 Å². The highest BCUT2D eigenvalue weighted by Gasteiger charge is 2.08. The van der Waals surface area contributed by atoms with Gasteiger partial charge < -0.3 is 24.8 Å². The highest BCUT2D eigenvalue weighted by atomic mass is 16.5. The first-order valence-electron chi connectivity index (χ1n) is 8.04. The second kappa shape index (κ2) is 8.82. The van der Waals surface area contributed by atoms with Gasteiger partial charge in [0.05, 0.1) is 32.6 Å². The van der Waals surface area contributed by atoms with Gasteiger partial charge in [-0.2, -0.15) is 0 Å². The first-order chi connectivity index (χ1) is 12.0. The van der Waals surface area contributed by atoms with Crippen molar-refractivity contribution in [2.75, 3.05) is 31.4 Å². The fraction of sp³-hybridized carbons (Fsp3) is 0.316. The summed E-state index contributed by atoms with van der Waals surface area (Å²) in [6.45, 7) is 4.05. The van der Waals surface area contributed by atoms with Crippen LogP contribution in [0.1, 0.15) is 13.8 Å². The predicted octanol–water partition coefficient (Wildman–Crippen LogP) is 3.54. The molecule has 0 saturated heterocycles. The van der Waals surface area contributed by atoms with Crippen LogP contribution in [0.25, 0.3) is 0 Å². The van der Waals surface area contributed by atoms with E-state index in [4.69, 9.17) is 14.2 Å². The number of hydrogen-bond acceptors (Lipinski definition) is 5. The highest BCUT2D eigenvalue weighted by Crippen LogP contribution is 2.28. The van der Waals surface area contributed by atoms with Crippen molar-refractivity contribution in [3.63, 3.8) is 0 Å². The van der Waals surface area contributed by atoms with Crippen molar-refractivity contribution in [1.82, 2.24) is 0 Å². The van der Waals surface area contributed by atoms with E-state index < -0.39 is 0 Å². The van der Waals surface area contributed by atoms with E-state index in [1.165, 1.54) is 0 Å². The van der Waals surface area contributed by atoms with Gasteiger partial charge in [0.15, 0.2) is 0 Å². The summed E-state index contributed by atoms with van der Waals surface area (Å²) < 4.78 is 16.0. The molecule has 0 heterocycles. The molecular weight excluding hydrogens is 320 g/mol. The number of hydrogen-bond donors (Lipinski definition) is 2. The number of carbonyl (C=O) groups is 1. The molecule has 0 bridgehead atoms. The number of ether oxygens (including phenoxy) is 3. The molecule has 0 aliphatic rings. The zero-order valence-corrected chi connectivity index (χ0v) is 15.0. The minimum Gasteiger partial charge on any atom is -0.497 e. The second-order valence-electron chi connectivity index (χ2n) is 5.66. The SMILES string of the molecule is COc1ccc(NCC(=O)Nc2ccc(OC(C)C)cc2)c(OC)c1. The summed E-state index contributed by atoms with van der Waals surface area (Å²) in [5, 5.41) is 5.89. The third-order valence-corrected chi connectivity index (χ3v) is 3.36. The van der Waals surface area contributed by atoms with Crippen LogP contribution in [-0.4, -0.2) is 32.8 Å². The lowest BCUT2D eigenvalue weighted by atomic mass is 10.2.